The van der Waals surface area contributed by atoms with Crippen molar-refractivity contribution in [3.63, 3.8) is 0 Å². The molecule has 1 atom stereocenters. The maximum absolute atomic E-state index is 12.3. The lowest BCUT2D eigenvalue weighted by Gasteiger charge is -2.20. The molecule has 98 valence electrons. The summed E-state index contributed by atoms with van der Waals surface area (Å²) < 4.78 is 1.83. The fourth-order valence-electron chi connectivity index (χ4n) is 2.23. The van der Waals surface area contributed by atoms with Gasteiger partial charge in [-0.1, -0.05) is 0 Å². The van der Waals surface area contributed by atoms with Gasteiger partial charge in [-0.15, -0.1) is 0 Å². The number of hydrogen-bond acceptors (Lipinski definition) is 3. The number of carbonyl (C=O) groups excluding carboxylic acids is 1. The van der Waals surface area contributed by atoms with E-state index in [1.54, 1.807) is 12.1 Å². The van der Waals surface area contributed by atoms with Crippen molar-refractivity contribution < 1.29 is 14.7 Å². The van der Waals surface area contributed by atoms with Crippen molar-refractivity contribution >= 4 is 11.9 Å². The second kappa shape index (κ2) is 4.45. The lowest BCUT2D eigenvalue weighted by atomic mass is 10.0. The summed E-state index contributed by atoms with van der Waals surface area (Å²) in [5.74, 6) is -1.21. The van der Waals surface area contributed by atoms with E-state index in [0.717, 1.165) is 0 Å². The average Bonchev–Trinajstić information content (AvgIpc) is 2.94. The van der Waals surface area contributed by atoms with Gasteiger partial charge >= 0.3 is 5.97 Å². The van der Waals surface area contributed by atoms with Crippen molar-refractivity contribution in [3.8, 4) is 0 Å². The van der Waals surface area contributed by atoms with Gasteiger partial charge in [0.25, 0.3) is 5.91 Å². The van der Waals surface area contributed by atoms with Crippen molar-refractivity contribution in [3.05, 3.63) is 24.0 Å². The highest BCUT2D eigenvalue weighted by Crippen LogP contribution is 2.21. The number of nitrogens with zero attached hydrogens (tertiary/aromatic N) is 2. The molecule has 1 aromatic rings. The molecule has 1 saturated heterocycles. The van der Waals surface area contributed by atoms with E-state index < -0.39 is 11.5 Å². The predicted octanol–water partition coefficient (Wildman–Crippen LogP) is 0.136. The Hall–Kier alpha value is -1.82. The Morgan fingerprint density at radius 1 is 1.56 bits per heavy atom. The second-order valence-electron chi connectivity index (χ2n) is 4.62. The predicted molar refractivity (Wildman–Crippen MR) is 65.2 cm³/mol. The van der Waals surface area contributed by atoms with Gasteiger partial charge < -0.3 is 20.3 Å². The topological polar surface area (TPSA) is 88.6 Å². The first-order valence-corrected chi connectivity index (χ1v) is 5.94. The highest BCUT2D eigenvalue weighted by atomic mass is 16.4. The van der Waals surface area contributed by atoms with Crippen LogP contribution in [0.25, 0.3) is 0 Å². The van der Waals surface area contributed by atoms with Crippen LogP contribution in [-0.2, 0) is 11.3 Å². The third kappa shape index (κ3) is 1.99. The Morgan fingerprint density at radius 2 is 2.28 bits per heavy atom. The molecule has 0 spiro atoms. The minimum atomic E-state index is -1.31. The van der Waals surface area contributed by atoms with E-state index in [2.05, 4.69) is 0 Å². The zero-order valence-corrected chi connectivity index (χ0v) is 10.3. The van der Waals surface area contributed by atoms with Gasteiger partial charge in [-0.3, -0.25) is 9.59 Å². The number of aliphatic carboxylic acids is 1. The van der Waals surface area contributed by atoms with Crippen molar-refractivity contribution in [1.82, 2.24) is 9.47 Å². The summed E-state index contributed by atoms with van der Waals surface area (Å²) in [6.45, 7) is 3.10. The second-order valence-corrected chi connectivity index (χ2v) is 4.62. The Bertz CT molecular complexity index is 483. The Kier molecular flexibility index (Phi) is 3.13. The van der Waals surface area contributed by atoms with E-state index in [4.69, 9.17) is 10.8 Å². The van der Waals surface area contributed by atoms with Gasteiger partial charge in [-0.05, 0) is 25.5 Å². The standard InChI is InChI=1S/C12H17N3O3/c1-2-14-6-3-4-9(14)10(16)15-7-5-12(13,8-15)11(17)18/h3-4,6H,2,5,7-8,13H2,1H3,(H,17,18). The average molecular weight is 251 g/mol. The number of nitrogens with two attached hydrogens (primary N) is 1. The molecule has 1 unspecified atom stereocenters. The molecule has 1 aliphatic heterocycles. The van der Waals surface area contributed by atoms with Crippen LogP contribution in [0.2, 0.25) is 0 Å². The van der Waals surface area contributed by atoms with Crippen LogP contribution in [0, 0.1) is 0 Å². The number of aryl methyl sites for hydroxylation is 1. The van der Waals surface area contributed by atoms with E-state index in [9.17, 15) is 9.59 Å². The van der Waals surface area contributed by atoms with Gasteiger partial charge in [-0.25, -0.2) is 0 Å². The Balaban J connectivity index is 2.15. The van der Waals surface area contributed by atoms with E-state index >= 15 is 0 Å². The quantitative estimate of drug-likeness (QED) is 0.799. The molecule has 0 bridgehead atoms. The van der Waals surface area contributed by atoms with Crippen LogP contribution in [0.15, 0.2) is 18.3 Å². The van der Waals surface area contributed by atoms with E-state index in [1.807, 2.05) is 17.7 Å². The van der Waals surface area contributed by atoms with Crippen molar-refractivity contribution in [2.75, 3.05) is 13.1 Å². The van der Waals surface area contributed by atoms with Crippen LogP contribution in [0.4, 0.5) is 0 Å². The van der Waals surface area contributed by atoms with E-state index in [1.165, 1.54) is 4.90 Å². The maximum atomic E-state index is 12.3. The normalized spacial score (nSPS) is 23.3. The molecule has 2 heterocycles. The fraction of sp³-hybridized carbons (Fsp3) is 0.500. The molecule has 1 aliphatic rings. The molecule has 0 aliphatic carbocycles. The number of carboxylic acid groups (broad SMARTS) is 1. The minimum Gasteiger partial charge on any atom is -0.480 e. The Labute approximate surface area is 105 Å². The van der Waals surface area contributed by atoms with Crippen molar-refractivity contribution in [2.45, 2.75) is 25.4 Å². The first-order chi connectivity index (χ1) is 8.48. The number of rotatable bonds is 3. The largest absolute Gasteiger partial charge is 0.480 e. The highest BCUT2D eigenvalue weighted by molar-refractivity contribution is 5.94. The summed E-state index contributed by atoms with van der Waals surface area (Å²) in [4.78, 5) is 24.8. The Morgan fingerprint density at radius 3 is 2.83 bits per heavy atom. The third-order valence-electron chi connectivity index (χ3n) is 3.40. The number of carbonyl (C=O) groups is 2. The molecule has 2 rings (SSSR count). The molecule has 1 aromatic heterocycles. The van der Waals surface area contributed by atoms with Crippen LogP contribution >= 0.6 is 0 Å². The zero-order valence-electron chi connectivity index (χ0n) is 10.3. The fourth-order valence-corrected chi connectivity index (χ4v) is 2.23. The van der Waals surface area contributed by atoms with Gasteiger partial charge in [0.1, 0.15) is 11.2 Å². The first kappa shape index (κ1) is 12.6. The van der Waals surface area contributed by atoms with Crippen LogP contribution in [0.3, 0.4) is 0 Å². The minimum absolute atomic E-state index is 0.0655. The van der Waals surface area contributed by atoms with Gasteiger partial charge in [0.2, 0.25) is 0 Å². The summed E-state index contributed by atoms with van der Waals surface area (Å²) in [6.07, 6.45) is 2.12. The van der Waals surface area contributed by atoms with Gasteiger partial charge in [0.15, 0.2) is 0 Å². The zero-order chi connectivity index (χ0) is 13.3. The van der Waals surface area contributed by atoms with Crippen LogP contribution in [0.1, 0.15) is 23.8 Å². The lowest BCUT2D eigenvalue weighted by molar-refractivity contribution is -0.142. The molecule has 0 radical (unpaired) electrons. The number of likely N-dealkylation sites (tertiary alicyclic amines) is 1. The molecule has 0 aromatic carbocycles. The summed E-state index contributed by atoms with van der Waals surface area (Å²) in [5.41, 5.74) is 5.02. The summed E-state index contributed by atoms with van der Waals surface area (Å²) in [7, 11) is 0. The van der Waals surface area contributed by atoms with Crippen LogP contribution in [0.5, 0.6) is 0 Å². The number of aromatic nitrogens is 1. The summed E-state index contributed by atoms with van der Waals surface area (Å²) >= 11 is 0. The van der Waals surface area contributed by atoms with Crippen LogP contribution in [-0.4, -0.2) is 45.1 Å². The molecule has 6 nitrogen and oxygen atoms in total. The summed E-state index contributed by atoms with van der Waals surface area (Å²) in [5, 5.41) is 9.04. The monoisotopic (exact) mass is 251 g/mol. The molecule has 18 heavy (non-hydrogen) atoms. The van der Waals surface area contributed by atoms with Crippen LogP contribution < -0.4 is 5.73 Å². The molecule has 1 amide bonds. The number of carboxylic acids is 1. The lowest BCUT2D eigenvalue weighted by Crippen LogP contribution is -2.50. The molecular weight excluding hydrogens is 234 g/mol. The van der Waals surface area contributed by atoms with Crippen molar-refractivity contribution in [1.29, 1.82) is 0 Å². The molecule has 0 saturated carbocycles. The first-order valence-electron chi connectivity index (χ1n) is 5.94. The molecule has 3 N–H and O–H groups in total. The molecule has 1 fully saturated rings. The third-order valence-corrected chi connectivity index (χ3v) is 3.40. The van der Waals surface area contributed by atoms with E-state index in [-0.39, 0.29) is 12.5 Å². The van der Waals surface area contributed by atoms with Gasteiger partial charge in [-0.2, -0.15) is 0 Å². The van der Waals surface area contributed by atoms with Gasteiger partial charge in [0, 0.05) is 25.8 Å². The SMILES string of the molecule is CCn1cccc1C(=O)N1CCC(N)(C(=O)O)C1. The maximum Gasteiger partial charge on any atom is 0.325 e. The van der Waals surface area contributed by atoms with Gasteiger partial charge in [0.05, 0.1) is 0 Å². The smallest absolute Gasteiger partial charge is 0.325 e. The number of hydrogen-bond donors (Lipinski definition) is 2. The number of amides is 1. The molecular formula is C12H17N3O3. The molecule has 6 heteroatoms. The van der Waals surface area contributed by atoms with E-state index in [0.29, 0.717) is 25.2 Å². The summed E-state index contributed by atoms with van der Waals surface area (Å²) in [6, 6.07) is 3.54. The van der Waals surface area contributed by atoms with Crippen molar-refractivity contribution in [2.24, 2.45) is 5.73 Å². The highest BCUT2D eigenvalue weighted by Gasteiger charge is 2.43.